The van der Waals surface area contributed by atoms with E-state index in [9.17, 15) is 9.59 Å². The molecular weight excluding hydrogens is 435 g/mol. The van der Waals surface area contributed by atoms with Crippen molar-refractivity contribution in [3.8, 4) is 11.1 Å². The van der Waals surface area contributed by atoms with Crippen LogP contribution in [0.5, 0.6) is 0 Å². The summed E-state index contributed by atoms with van der Waals surface area (Å²) in [6, 6.07) is 7.17. The van der Waals surface area contributed by atoms with Gasteiger partial charge in [0.2, 0.25) is 0 Å². The maximum Gasteiger partial charge on any atom is 0.277 e. The molecule has 0 aliphatic heterocycles. The summed E-state index contributed by atoms with van der Waals surface area (Å²) >= 11 is 12.5. The van der Waals surface area contributed by atoms with E-state index in [0.717, 1.165) is 37.2 Å². The van der Waals surface area contributed by atoms with Crippen LogP contribution in [0.15, 0.2) is 29.1 Å². The average Bonchev–Trinajstić information content (AvgIpc) is 2.93. The summed E-state index contributed by atoms with van der Waals surface area (Å²) in [5, 5.41) is 4.43. The molecule has 0 spiro atoms. The molecule has 1 aromatic carbocycles. The smallest absolute Gasteiger partial charge is 0.277 e. The van der Waals surface area contributed by atoms with Crippen LogP contribution in [-0.4, -0.2) is 26.0 Å². The van der Waals surface area contributed by atoms with Gasteiger partial charge in [-0.25, -0.2) is 14.2 Å². The molecule has 0 aliphatic rings. The first-order chi connectivity index (χ1) is 14.8. The van der Waals surface area contributed by atoms with E-state index in [0.29, 0.717) is 26.8 Å². The monoisotopic (exact) mass is 462 g/mol. The van der Waals surface area contributed by atoms with Gasteiger partial charge in [-0.15, -0.1) is 0 Å². The minimum absolute atomic E-state index is 0.0587. The third-order valence-electron chi connectivity index (χ3n) is 5.17. The van der Waals surface area contributed by atoms with Crippen LogP contribution in [0.2, 0.25) is 10.0 Å². The van der Waals surface area contributed by atoms with Gasteiger partial charge in [0, 0.05) is 28.4 Å². The van der Waals surface area contributed by atoms with Gasteiger partial charge in [-0.3, -0.25) is 9.59 Å². The largest absolute Gasteiger partial charge is 0.367 e. The molecule has 3 aromatic rings. The van der Waals surface area contributed by atoms with Gasteiger partial charge in [0.05, 0.1) is 10.6 Å². The van der Waals surface area contributed by atoms with E-state index in [1.165, 1.54) is 11.6 Å². The molecule has 0 saturated heterocycles. The number of hydrogen-bond acceptors (Lipinski definition) is 4. The van der Waals surface area contributed by atoms with E-state index in [4.69, 9.17) is 23.2 Å². The molecule has 8 heteroatoms. The fourth-order valence-electron chi connectivity index (χ4n) is 3.92. The number of Topliss-reactive ketones (excluding diaryl/α,β-unsaturated/α-hetero) is 1. The molecule has 31 heavy (non-hydrogen) atoms. The lowest BCUT2D eigenvalue weighted by atomic mass is 10.1. The summed E-state index contributed by atoms with van der Waals surface area (Å²) in [4.78, 5) is 30.2. The molecule has 166 valence electrons. The van der Waals surface area contributed by atoms with E-state index in [1.807, 2.05) is 13.0 Å². The zero-order chi connectivity index (χ0) is 22.7. The van der Waals surface area contributed by atoms with Crippen molar-refractivity contribution in [1.82, 2.24) is 14.2 Å². The van der Waals surface area contributed by atoms with Gasteiger partial charge < -0.3 is 5.32 Å². The van der Waals surface area contributed by atoms with Gasteiger partial charge in [0.1, 0.15) is 12.4 Å². The van der Waals surface area contributed by atoms with Crippen molar-refractivity contribution >= 4 is 40.5 Å². The number of aromatic nitrogens is 3. The van der Waals surface area contributed by atoms with Crippen molar-refractivity contribution < 1.29 is 4.79 Å². The third-order valence-corrected chi connectivity index (χ3v) is 5.72. The van der Waals surface area contributed by atoms with Crippen molar-refractivity contribution in [1.29, 1.82) is 0 Å². The lowest BCUT2D eigenvalue weighted by Gasteiger charge is -2.21. The molecule has 6 nitrogen and oxygen atoms in total. The van der Waals surface area contributed by atoms with Crippen LogP contribution in [0.4, 0.5) is 5.82 Å². The van der Waals surface area contributed by atoms with Crippen molar-refractivity contribution in [3.05, 3.63) is 50.4 Å². The van der Waals surface area contributed by atoms with Crippen LogP contribution in [0.1, 0.15) is 52.1 Å². The summed E-state index contributed by atoms with van der Waals surface area (Å²) < 4.78 is 3.15. The highest BCUT2D eigenvalue weighted by Gasteiger charge is 2.23. The second-order valence-corrected chi connectivity index (χ2v) is 8.74. The maximum atomic E-state index is 13.5. The molecule has 0 saturated carbocycles. The SMILES string of the molecule is CCCC(CCC)Nc1cc(C)nc2c(-c3ccc(Cl)cc3Cl)c(=O)n(CC(C)=O)n12. The van der Waals surface area contributed by atoms with Crippen molar-refractivity contribution in [2.75, 3.05) is 5.32 Å². The Hall–Kier alpha value is -2.31. The number of aryl methyl sites for hydroxylation is 1. The van der Waals surface area contributed by atoms with Crippen LogP contribution in [0, 0.1) is 6.92 Å². The predicted molar refractivity (Wildman–Crippen MR) is 128 cm³/mol. The number of carbonyl (C=O) groups is 1. The quantitative estimate of drug-likeness (QED) is 0.439. The molecule has 1 N–H and O–H groups in total. The number of halogens is 2. The molecule has 0 fully saturated rings. The summed E-state index contributed by atoms with van der Waals surface area (Å²) in [6.07, 6.45) is 4.10. The number of anilines is 1. The number of fused-ring (bicyclic) bond motifs is 1. The molecule has 3 rings (SSSR count). The average molecular weight is 463 g/mol. The van der Waals surface area contributed by atoms with Crippen LogP contribution in [-0.2, 0) is 11.3 Å². The van der Waals surface area contributed by atoms with E-state index in [2.05, 4.69) is 24.1 Å². The van der Waals surface area contributed by atoms with Crippen molar-refractivity contribution in [3.63, 3.8) is 0 Å². The number of carbonyl (C=O) groups excluding carboxylic acids is 1. The first-order valence-corrected chi connectivity index (χ1v) is 11.4. The van der Waals surface area contributed by atoms with Crippen LogP contribution in [0.25, 0.3) is 16.8 Å². The molecule has 0 atom stereocenters. The Morgan fingerprint density at radius 1 is 1.16 bits per heavy atom. The molecule has 0 amide bonds. The van der Waals surface area contributed by atoms with E-state index < -0.39 is 0 Å². The number of benzene rings is 1. The third kappa shape index (κ3) is 4.96. The molecule has 2 aromatic heterocycles. The molecule has 0 aliphatic carbocycles. The number of nitrogens with one attached hydrogen (secondary N) is 1. The minimum atomic E-state index is -0.317. The number of ketones is 1. The summed E-state index contributed by atoms with van der Waals surface area (Å²) in [5.41, 5.74) is 1.81. The van der Waals surface area contributed by atoms with Gasteiger partial charge in [-0.2, -0.15) is 0 Å². The topological polar surface area (TPSA) is 68.4 Å². The highest BCUT2D eigenvalue weighted by molar-refractivity contribution is 6.36. The zero-order valence-corrected chi connectivity index (χ0v) is 19.8. The number of rotatable bonds is 9. The standard InChI is InChI=1S/C23H28Cl2N4O2/c1-5-7-17(8-6-2)27-20-11-14(3)26-22-21(18-10-9-16(24)12-19(18)25)23(31)28(29(20)22)13-15(4)30/h9-12,17,27H,5-8,13H2,1-4H3. The highest BCUT2D eigenvalue weighted by atomic mass is 35.5. The van der Waals surface area contributed by atoms with Gasteiger partial charge in [-0.05, 0) is 38.8 Å². The Morgan fingerprint density at radius 2 is 1.84 bits per heavy atom. The highest BCUT2D eigenvalue weighted by Crippen LogP contribution is 2.32. The first kappa shape index (κ1) is 23.4. The van der Waals surface area contributed by atoms with Crippen molar-refractivity contribution in [2.24, 2.45) is 0 Å². The van der Waals surface area contributed by atoms with Gasteiger partial charge in [0.15, 0.2) is 11.4 Å². The summed E-state index contributed by atoms with van der Waals surface area (Å²) in [6.45, 7) is 7.60. The van der Waals surface area contributed by atoms with Crippen LogP contribution in [0.3, 0.4) is 0 Å². The second-order valence-electron chi connectivity index (χ2n) is 7.90. The fraction of sp³-hybridized carbons (Fsp3) is 0.435. The normalized spacial score (nSPS) is 11.5. The Balaban J connectivity index is 2.32. The lowest BCUT2D eigenvalue weighted by Crippen LogP contribution is -2.27. The minimum Gasteiger partial charge on any atom is -0.367 e. The van der Waals surface area contributed by atoms with Gasteiger partial charge in [-0.1, -0.05) is 56.0 Å². The molecule has 0 unspecified atom stereocenters. The first-order valence-electron chi connectivity index (χ1n) is 10.6. The Labute approximate surface area is 192 Å². The predicted octanol–water partition coefficient (Wildman–Crippen LogP) is 5.75. The van der Waals surface area contributed by atoms with Crippen LogP contribution >= 0.6 is 23.2 Å². The zero-order valence-electron chi connectivity index (χ0n) is 18.3. The number of nitrogens with zero attached hydrogens (tertiary/aromatic N) is 3. The van der Waals surface area contributed by atoms with Gasteiger partial charge in [0.25, 0.3) is 5.56 Å². The Bertz CT molecular complexity index is 1160. The van der Waals surface area contributed by atoms with Crippen molar-refractivity contribution in [2.45, 2.75) is 66.0 Å². The molecule has 0 radical (unpaired) electrons. The molecule has 2 heterocycles. The summed E-state index contributed by atoms with van der Waals surface area (Å²) in [5.74, 6) is 0.615. The van der Waals surface area contributed by atoms with Gasteiger partial charge >= 0.3 is 0 Å². The van der Waals surface area contributed by atoms with E-state index in [1.54, 1.807) is 22.7 Å². The van der Waals surface area contributed by atoms with Crippen LogP contribution < -0.4 is 10.9 Å². The maximum absolute atomic E-state index is 13.5. The Morgan fingerprint density at radius 3 is 2.42 bits per heavy atom. The fourth-order valence-corrected chi connectivity index (χ4v) is 4.42. The lowest BCUT2D eigenvalue weighted by molar-refractivity contribution is -0.117. The Kier molecular flexibility index (Phi) is 7.44. The van der Waals surface area contributed by atoms with E-state index >= 15 is 0 Å². The molecular formula is C23H28Cl2N4O2. The number of hydrogen-bond donors (Lipinski definition) is 1. The molecule has 0 bridgehead atoms. The van der Waals surface area contributed by atoms with E-state index in [-0.39, 0.29) is 23.9 Å². The summed E-state index contributed by atoms with van der Waals surface area (Å²) in [7, 11) is 0. The second kappa shape index (κ2) is 9.88.